The SMILES string of the molecule is C=C(/C(C)=C/CC(C)C(C)CCC(C)C)/C(F)=C\C(=C)C(C)CCC(C)C(C)CCC(C)C. The highest BCUT2D eigenvalue weighted by Crippen LogP contribution is 2.29. The van der Waals surface area contributed by atoms with Gasteiger partial charge in [0.15, 0.2) is 0 Å². The molecule has 0 aromatic carbocycles. The van der Waals surface area contributed by atoms with Crippen LogP contribution in [0.25, 0.3) is 0 Å². The van der Waals surface area contributed by atoms with Crippen molar-refractivity contribution in [2.75, 3.05) is 0 Å². The number of allylic oxidation sites excluding steroid dienone is 6. The third-order valence-corrected chi connectivity index (χ3v) is 7.90. The molecular weight excluding hydrogens is 403 g/mol. The van der Waals surface area contributed by atoms with E-state index in [9.17, 15) is 4.39 Å². The first-order valence-electron chi connectivity index (χ1n) is 13.7. The van der Waals surface area contributed by atoms with Gasteiger partial charge in [0, 0.05) is 5.57 Å². The zero-order valence-corrected chi connectivity index (χ0v) is 23.9. The summed E-state index contributed by atoms with van der Waals surface area (Å²) in [6, 6.07) is 0. The van der Waals surface area contributed by atoms with Gasteiger partial charge in [-0.05, 0) is 84.8 Å². The summed E-state index contributed by atoms with van der Waals surface area (Å²) in [4.78, 5) is 0. The van der Waals surface area contributed by atoms with Crippen molar-refractivity contribution in [3.8, 4) is 0 Å². The van der Waals surface area contributed by atoms with Gasteiger partial charge in [0.1, 0.15) is 5.83 Å². The molecule has 192 valence electrons. The summed E-state index contributed by atoms with van der Waals surface area (Å²) in [5, 5.41) is 0. The minimum atomic E-state index is -0.237. The first kappa shape index (κ1) is 31.9. The minimum absolute atomic E-state index is 0.237. The maximum Gasteiger partial charge on any atom is 0.130 e. The Morgan fingerprint density at radius 3 is 1.55 bits per heavy atom. The van der Waals surface area contributed by atoms with Crippen LogP contribution < -0.4 is 0 Å². The van der Waals surface area contributed by atoms with Crippen LogP contribution in [0.1, 0.15) is 114 Å². The smallest absolute Gasteiger partial charge is 0.130 e. The normalized spacial score (nSPS) is 17.7. The molecule has 0 aliphatic carbocycles. The van der Waals surface area contributed by atoms with Gasteiger partial charge in [-0.2, -0.15) is 0 Å². The van der Waals surface area contributed by atoms with Crippen molar-refractivity contribution in [2.24, 2.45) is 41.4 Å². The van der Waals surface area contributed by atoms with Crippen molar-refractivity contribution in [2.45, 2.75) is 114 Å². The Morgan fingerprint density at radius 2 is 1.09 bits per heavy atom. The summed E-state index contributed by atoms with van der Waals surface area (Å²) in [6.07, 6.45) is 12.1. The fourth-order valence-electron chi connectivity index (χ4n) is 4.04. The van der Waals surface area contributed by atoms with E-state index in [1.165, 1.54) is 32.1 Å². The summed E-state index contributed by atoms with van der Waals surface area (Å²) in [7, 11) is 0. The molecule has 0 rings (SSSR count). The van der Waals surface area contributed by atoms with Gasteiger partial charge in [-0.25, -0.2) is 4.39 Å². The molecule has 0 spiro atoms. The summed E-state index contributed by atoms with van der Waals surface area (Å²) in [5.41, 5.74) is 2.32. The first-order valence-corrected chi connectivity index (χ1v) is 13.7. The molecule has 0 saturated heterocycles. The van der Waals surface area contributed by atoms with E-state index >= 15 is 0 Å². The van der Waals surface area contributed by atoms with Crippen LogP contribution in [0.5, 0.6) is 0 Å². The monoisotopic (exact) mass is 460 g/mol. The van der Waals surface area contributed by atoms with Crippen molar-refractivity contribution >= 4 is 0 Å². The predicted molar refractivity (Wildman–Crippen MR) is 149 cm³/mol. The summed E-state index contributed by atoms with van der Waals surface area (Å²) in [5.74, 6) is 4.28. The lowest BCUT2D eigenvalue weighted by Gasteiger charge is -2.22. The van der Waals surface area contributed by atoms with Crippen molar-refractivity contribution in [3.05, 3.63) is 47.9 Å². The fourth-order valence-corrected chi connectivity index (χ4v) is 4.04. The molecule has 0 N–H and O–H groups in total. The molecule has 5 atom stereocenters. The topological polar surface area (TPSA) is 0 Å². The Balaban J connectivity index is 4.71. The Hall–Kier alpha value is -1.11. The van der Waals surface area contributed by atoms with Crippen molar-refractivity contribution in [1.29, 1.82) is 0 Å². The molecule has 0 bridgehead atoms. The van der Waals surface area contributed by atoms with E-state index in [1.54, 1.807) is 6.08 Å². The van der Waals surface area contributed by atoms with Gasteiger partial charge < -0.3 is 0 Å². The molecule has 0 aromatic rings. The lowest BCUT2D eigenvalue weighted by molar-refractivity contribution is 0.306. The summed E-state index contributed by atoms with van der Waals surface area (Å²) < 4.78 is 14.9. The lowest BCUT2D eigenvalue weighted by atomic mass is 9.83. The molecule has 0 fully saturated rings. The highest BCUT2D eigenvalue weighted by atomic mass is 19.1. The van der Waals surface area contributed by atoms with Gasteiger partial charge in [0.05, 0.1) is 0 Å². The molecule has 0 nitrogen and oxygen atoms in total. The third kappa shape index (κ3) is 14.0. The van der Waals surface area contributed by atoms with Crippen LogP contribution in [-0.2, 0) is 0 Å². The molecule has 0 aromatic heterocycles. The molecule has 0 heterocycles. The molecular formula is C32H57F. The van der Waals surface area contributed by atoms with E-state index < -0.39 is 0 Å². The summed E-state index contributed by atoms with van der Waals surface area (Å²) >= 11 is 0. The second-order valence-electron chi connectivity index (χ2n) is 12.0. The fraction of sp³-hybridized carbons (Fsp3) is 0.750. The van der Waals surface area contributed by atoms with E-state index in [0.717, 1.165) is 41.7 Å². The maximum atomic E-state index is 14.9. The molecule has 0 saturated carbocycles. The zero-order valence-electron chi connectivity index (χ0n) is 23.9. The van der Waals surface area contributed by atoms with Crippen LogP contribution in [-0.4, -0.2) is 0 Å². The van der Waals surface area contributed by atoms with Crippen molar-refractivity contribution < 1.29 is 4.39 Å². The first-order chi connectivity index (χ1) is 15.3. The number of hydrogen-bond acceptors (Lipinski definition) is 0. The molecule has 0 aliphatic rings. The molecule has 1 heteroatoms. The van der Waals surface area contributed by atoms with E-state index in [4.69, 9.17) is 0 Å². The Morgan fingerprint density at radius 1 is 0.667 bits per heavy atom. The van der Waals surface area contributed by atoms with E-state index in [2.05, 4.69) is 81.5 Å². The quantitative estimate of drug-likeness (QED) is 0.189. The highest BCUT2D eigenvalue weighted by Gasteiger charge is 2.16. The van der Waals surface area contributed by atoms with Crippen LogP contribution in [0, 0.1) is 41.4 Å². The van der Waals surface area contributed by atoms with Crippen molar-refractivity contribution in [1.82, 2.24) is 0 Å². The zero-order chi connectivity index (χ0) is 25.7. The van der Waals surface area contributed by atoms with Crippen LogP contribution in [0.4, 0.5) is 4.39 Å². The second-order valence-corrected chi connectivity index (χ2v) is 12.0. The largest absolute Gasteiger partial charge is 0.206 e. The van der Waals surface area contributed by atoms with Crippen LogP contribution in [0.2, 0.25) is 0 Å². The minimum Gasteiger partial charge on any atom is -0.206 e. The lowest BCUT2D eigenvalue weighted by Crippen LogP contribution is -2.11. The van der Waals surface area contributed by atoms with Crippen LogP contribution in [0.15, 0.2) is 47.9 Å². The van der Waals surface area contributed by atoms with Gasteiger partial charge in [0.25, 0.3) is 0 Å². The molecule has 33 heavy (non-hydrogen) atoms. The molecule has 0 radical (unpaired) electrons. The Kier molecular flexibility index (Phi) is 16.0. The highest BCUT2D eigenvalue weighted by molar-refractivity contribution is 5.43. The Bertz CT molecular complexity index is 633. The van der Waals surface area contributed by atoms with Crippen LogP contribution >= 0.6 is 0 Å². The van der Waals surface area contributed by atoms with E-state index in [1.807, 2.05) is 6.92 Å². The van der Waals surface area contributed by atoms with E-state index in [-0.39, 0.29) is 11.7 Å². The van der Waals surface area contributed by atoms with Crippen LogP contribution in [0.3, 0.4) is 0 Å². The number of rotatable bonds is 17. The standard InChI is InChI=1S/C32H57F/c1-22(2)13-15-24(5)26(7)17-18-28(9)30(11)21-32(33)31(12)29(10)20-19-27(8)25(6)16-14-23(3)4/h20-28H,11-19H2,1-10H3/b29-20+,32-21+. The van der Waals surface area contributed by atoms with Gasteiger partial charge in [-0.1, -0.05) is 107 Å². The van der Waals surface area contributed by atoms with Crippen molar-refractivity contribution in [3.63, 3.8) is 0 Å². The van der Waals surface area contributed by atoms with Gasteiger partial charge in [-0.3, -0.25) is 0 Å². The van der Waals surface area contributed by atoms with E-state index in [0.29, 0.717) is 23.3 Å². The third-order valence-electron chi connectivity index (χ3n) is 7.90. The van der Waals surface area contributed by atoms with Gasteiger partial charge >= 0.3 is 0 Å². The predicted octanol–water partition coefficient (Wildman–Crippen LogP) is 11.1. The number of hydrogen-bond donors (Lipinski definition) is 0. The molecule has 0 aliphatic heterocycles. The van der Waals surface area contributed by atoms with Gasteiger partial charge in [-0.15, -0.1) is 0 Å². The second kappa shape index (κ2) is 16.5. The summed E-state index contributed by atoms with van der Waals surface area (Å²) in [6.45, 7) is 30.9. The average molecular weight is 461 g/mol. The molecule has 5 unspecified atom stereocenters. The number of halogens is 1. The Labute approximate surface area is 207 Å². The van der Waals surface area contributed by atoms with Gasteiger partial charge in [0.2, 0.25) is 0 Å². The molecule has 0 amide bonds. The average Bonchev–Trinajstić information content (AvgIpc) is 2.75. The maximum absolute atomic E-state index is 14.9.